The Kier molecular flexibility index (Phi) is 3.15. The van der Waals surface area contributed by atoms with Crippen LogP contribution in [0.2, 0.25) is 0 Å². The Morgan fingerprint density at radius 1 is 1.36 bits per heavy atom. The van der Waals surface area contributed by atoms with Crippen LogP contribution in [-0.2, 0) is 11.0 Å². The summed E-state index contributed by atoms with van der Waals surface area (Å²) >= 11 is 2.78. The predicted molar refractivity (Wildman–Crippen MR) is 48.8 cm³/mol. The lowest BCUT2D eigenvalue weighted by molar-refractivity contribution is -0.138. The number of anilines is 1. The van der Waals surface area contributed by atoms with Gasteiger partial charge in [-0.15, -0.1) is 0 Å². The molecular weight excluding hydrogens is 263 g/mol. The number of hydrogen-bond acceptors (Lipinski definition) is 1. The van der Waals surface area contributed by atoms with Gasteiger partial charge in [-0.05, 0) is 18.2 Å². The summed E-state index contributed by atoms with van der Waals surface area (Å²) in [6, 6.07) is 3.46. The van der Waals surface area contributed by atoms with Crippen molar-refractivity contribution in [3.8, 4) is 0 Å². The van der Waals surface area contributed by atoms with E-state index in [1.807, 2.05) is 0 Å². The lowest BCUT2D eigenvalue weighted by atomic mass is 10.2. The molecule has 76 valence electrons. The molecule has 0 bridgehead atoms. The average Bonchev–Trinajstić information content (AvgIpc) is 2.07. The zero-order chi connectivity index (χ0) is 10.8. The molecule has 1 amide bonds. The van der Waals surface area contributed by atoms with E-state index in [9.17, 15) is 18.0 Å². The van der Waals surface area contributed by atoms with E-state index >= 15 is 0 Å². The van der Waals surface area contributed by atoms with Gasteiger partial charge in [0.2, 0.25) is 6.41 Å². The third kappa shape index (κ3) is 2.47. The van der Waals surface area contributed by atoms with Crippen LogP contribution in [0.25, 0.3) is 0 Å². The van der Waals surface area contributed by atoms with Crippen LogP contribution in [0.5, 0.6) is 0 Å². The van der Waals surface area contributed by atoms with Crippen molar-refractivity contribution in [3.63, 3.8) is 0 Å². The molecule has 1 N–H and O–H groups in total. The van der Waals surface area contributed by atoms with Crippen molar-refractivity contribution in [1.29, 1.82) is 0 Å². The number of alkyl halides is 3. The number of carbonyl (C=O) groups excluding carboxylic acids is 1. The van der Waals surface area contributed by atoms with Crippen molar-refractivity contribution in [3.05, 3.63) is 28.2 Å². The van der Waals surface area contributed by atoms with Gasteiger partial charge in [0, 0.05) is 10.2 Å². The van der Waals surface area contributed by atoms with Crippen LogP contribution in [0, 0.1) is 0 Å². The molecule has 1 aromatic carbocycles. The van der Waals surface area contributed by atoms with Crippen molar-refractivity contribution in [2.24, 2.45) is 0 Å². The lowest BCUT2D eigenvalue weighted by Gasteiger charge is -2.10. The van der Waals surface area contributed by atoms with E-state index in [2.05, 4.69) is 21.2 Å². The second-order valence-electron chi connectivity index (χ2n) is 2.45. The zero-order valence-corrected chi connectivity index (χ0v) is 8.32. The highest BCUT2D eigenvalue weighted by Crippen LogP contribution is 2.36. The Labute approximate surface area is 86.2 Å². The topological polar surface area (TPSA) is 29.1 Å². The van der Waals surface area contributed by atoms with Gasteiger partial charge in [-0.2, -0.15) is 13.2 Å². The first kappa shape index (κ1) is 11.0. The molecule has 0 saturated heterocycles. The Bertz CT molecular complexity index is 351. The molecule has 0 aromatic heterocycles. The highest BCUT2D eigenvalue weighted by Gasteiger charge is 2.33. The molecule has 0 fully saturated rings. The molecule has 0 aliphatic heterocycles. The normalized spacial score (nSPS) is 11.1. The van der Waals surface area contributed by atoms with Crippen LogP contribution in [0.1, 0.15) is 5.56 Å². The van der Waals surface area contributed by atoms with E-state index in [-0.39, 0.29) is 10.2 Å². The summed E-state index contributed by atoms with van der Waals surface area (Å²) in [5.74, 6) is 0. The highest BCUT2D eigenvalue weighted by molar-refractivity contribution is 9.10. The van der Waals surface area contributed by atoms with E-state index in [1.165, 1.54) is 12.1 Å². The molecular formula is C8H5BrF3NO. The maximum atomic E-state index is 12.3. The van der Waals surface area contributed by atoms with Crippen LogP contribution in [-0.4, -0.2) is 6.41 Å². The van der Waals surface area contributed by atoms with Crippen molar-refractivity contribution in [2.75, 3.05) is 5.32 Å². The molecule has 0 unspecified atom stereocenters. The number of benzene rings is 1. The Balaban J connectivity index is 3.15. The van der Waals surface area contributed by atoms with Gasteiger partial charge in [-0.3, -0.25) is 4.79 Å². The first-order valence-electron chi connectivity index (χ1n) is 3.52. The van der Waals surface area contributed by atoms with Gasteiger partial charge in [-0.1, -0.05) is 15.9 Å². The number of halogens is 4. The maximum Gasteiger partial charge on any atom is 0.417 e. The Morgan fingerprint density at radius 2 is 2.00 bits per heavy atom. The van der Waals surface area contributed by atoms with Gasteiger partial charge >= 0.3 is 6.18 Å². The quantitative estimate of drug-likeness (QED) is 0.820. The molecule has 1 aromatic rings. The fourth-order valence-electron chi connectivity index (χ4n) is 0.900. The third-order valence-electron chi connectivity index (χ3n) is 1.50. The number of nitrogens with one attached hydrogen (secondary N) is 1. The fraction of sp³-hybridized carbons (Fsp3) is 0.125. The van der Waals surface area contributed by atoms with Crippen LogP contribution >= 0.6 is 15.9 Å². The largest absolute Gasteiger partial charge is 0.417 e. The summed E-state index contributed by atoms with van der Waals surface area (Å²) < 4.78 is 36.9. The minimum atomic E-state index is -4.43. The summed E-state index contributed by atoms with van der Waals surface area (Å²) in [6.45, 7) is 0. The molecule has 2 nitrogen and oxygen atoms in total. The number of carbonyl (C=O) groups is 1. The van der Waals surface area contributed by atoms with Gasteiger partial charge < -0.3 is 5.32 Å². The highest BCUT2D eigenvalue weighted by atomic mass is 79.9. The van der Waals surface area contributed by atoms with E-state index < -0.39 is 11.7 Å². The van der Waals surface area contributed by atoms with E-state index in [0.29, 0.717) is 6.41 Å². The van der Waals surface area contributed by atoms with Crippen molar-refractivity contribution in [1.82, 2.24) is 0 Å². The van der Waals surface area contributed by atoms with Gasteiger partial charge in [0.25, 0.3) is 0 Å². The third-order valence-corrected chi connectivity index (χ3v) is 2.19. The average molecular weight is 268 g/mol. The Morgan fingerprint density at radius 3 is 2.50 bits per heavy atom. The lowest BCUT2D eigenvalue weighted by Crippen LogP contribution is -2.07. The van der Waals surface area contributed by atoms with E-state index in [4.69, 9.17) is 0 Å². The van der Waals surface area contributed by atoms with E-state index in [1.54, 1.807) is 0 Å². The van der Waals surface area contributed by atoms with Gasteiger partial charge in [-0.25, -0.2) is 0 Å². The Hall–Kier alpha value is -1.04. The first-order chi connectivity index (χ1) is 6.45. The van der Waals surface area contributed by atoms with E-state index in [0.717, 1.165) is 6.07 Å². The van der Waals surface area contributed by atoms with Gasteiger partial charge in [0.1, 0.15) is 0 Å². The summed E-state index contributed by atoms with van der Waals surface area (Å²) in [5.41, 5.74) is -0.708. The molecule has 1 rings (SSSR count). The molecule has 0 aliphatic carbocycles. The van der Waals surface area contributed by atoms with Crippen LogP contribution in [0.3, 0.4) is 0 Å². The maximum absolute atomic E-state index is 12.3. The fourth-order valence-corrected chi connectivity index (χ4v) is 1.37. The van der Waals surface area contributed by atoms with Crippen molar-refractivity contribution < 1.29 is 18.0 Å². The minimum absolute atomic E-state index is 0.0542. The standard InChI is InChI=1S/C8H5BrF3NO/c9-7-2-1-5(13-4-14)3-6(7)8(10,11)12/h1-4H,(H,13,14). The monoisotopic (exact) mass is 267 g/mol. The molecule has 14 heavy (non-hydrogen) atoms. The van der Waals surface area contributed by atoms with Crippen molar-refractivity contribution >= 4 is 28.0 Å². The number of hydrogen-bond donors (Lipinski definition) is 1. The van der Waals surface area contributed by atoms with Crippen LogP contribution in [0.15, 0.2) is 22.7 Å². The predicted octanol–water partition coefficient (Wildman–Crippen LogP) is 3.04. The van der Waals surface area contributed by atoms with Crippen molar-refractivity contribution in [2.45, 2.75) is 6.18 Å². The first-order valence-corrected chi connectivity index (χ1v) is 4.31. The SMILES string of the molecule is O=CNc1ccc(Br)c(C(F)(F)F)c1. The molecule has 6 heteroatoms. The summed E-state index contributed by atoms with van der Waals surface area (Å²) in [7, 11) is 0. The molecule has 0 heterocycles. The van der Waals surface area contributed by atoms with Crippen LogP contribution < -0.4 is 5.32 Å². The molecule has 0 saturated carbocycles. The molecule has 0 spiro atoms. The zero-order valence-electron chi connectivity index (χ0n) is 6.73. The molecule has 0 radical (unpaired) electrons. The molecule has 0 atom stereocenters. The van der Waals surface area contributed by atoms with Gasteiger partial charge in [0.15, 0.2) is 0 Å². The van der Waals surface area contributed by atoms with Crippen LogP contribution in [0.4, 0.5) is 18.9 Å². The van der Waals surface area contributed by atoms with Gasteiger partial charge in [0.05, 0.1) is 5.56 Å². The number of rotatable bonds is 2. The molecule has 0 aliphatic rings. The summed E-state index contributed by atoms with van der Waals surface area (Å²) in [5, 5.41) is 2.15. The second kappa shape index (κ2) is 4.00. The second-order valence-corrected chi connectivity index (χ2v) is 3.31. The summed E-state index contributed by atoms with van der Waals surface area (Å²) in [4.78, 5) is 10.0. The smallest absolute Gasteiger partial charge is 0.329 e. The minimum Gasteiger partial charge on any atom is -0.329 e. The number of amides is 1. The summed E-state index contributed by atoms with van der Waals surface area (Å²) in [6.07, 6.45) is -4.11.